The molecule has 0 amide bonds. The first-order valence-corrected chi connectivity index (χ1v) is 9.53. The normalized spacial score (nSPS) is 22.0. The summed E-state index contributed by atoms with van der Waals surface area (Å²) in [4.78, 5) is 12.6. The van der Waals surface area contributed by atoms with Crippen molar-refractivity contribution in [3.63, 3.8) is 0 Å². The third-order valence-corrected chi connectivity index (χ3v) is 5.62. The monoisotopic (exact) mass is 333 g/mol. The van der Waals surface area contributed by atoms with Crippen molar-refractivity contribution in [2.24, 2.45) is 5.92 Å². The Morgan fingerprint density at radius 2 is 1.84 bits per heavy atom. The van der Waals surface area contributed by atoms with Crippen molar-refractivity contribution in [2.45, 2.75) is 51.5 Å². The standard InChI is InChI=1S/C23H27NO/c1-15-3-4-16(2)20(11-15)23(25)12-17-7-9-19(10-8-17)21-13-22(21)24-14-18-5-6-18/h3-4,7-11,18,21-22,24H,5-6,12-14H2,1-2H3. The highest BCUT2D eigenvalue weighted by Gasteiger charge is 2.38. The van der Waals surface area contributed by atoms with E-state index < -0.39 is 0 Å². The fourth-order valence-electron chi connectivity index (χ4n) is 3.63. The second-order valence-corrected chi connectivity index (χ2v) is 7.96. The molecule has 0 spiro atoms. The number of ketones is 1. The smallest absolute Gasteiger partial charge is 0.167 e. The molecule has 2 atom stereocenters. The van der Waals surface area contributed by atoms with Gasteiger partial charge in [0, 0.05) is 23.9 Å². The van der Waals surface area contributed by atoms with Crippen molar-refractivity contribution >= 4 is 5.78 Å². The van der Waals surface area contributed by atoms with Gasteiger partial charge in [0.25, 0.3) is 0 Å². The molecule has 0 saturated heterocycles. The van der Waals surface area contributed by atoms with Crippen molar-refractivity contribution in [1.82, 2.24) is 5.32 Å². The Morgan fingerprint density at radius 1 is 1.08 bits per heavy atom. The van der Waals surface area contributed by atoms with Crippen LogP contribution in [0.25, 0.3) is 0 Å². The number of hydrogen-bond donors (Lipinski definition) is 1. The van der Waals surface area contributed by atoms with Crippen LogP contribution in [0.1, 0.15) is 57.8 Å². The Bertz CT molecular complexity index is 773. The van der Waals surface area contributed by atoms with E-state index in [1.54, 1.807) is 0 Å². The van der Waals surface area contributed by atoms with Crippen LogP contribution in [0.2, 0.25) is 0 Å². The maximum absolute atomic E-state index is 12.6. The second kappa shape index (κ2) is 6.76. The number of Topliss-reactive ketones (excluding diaryl/α,β-unsaturated/α-hetero) is 1. The zero-order chi connectivity index (χ0) is 17.4. The molecule has 0 bridgehead atoms. The average molecular weight is 333 g/mol. The van der Waals surface area contributed by atoms with E-state index in [-0.39, 0.29) is 5.78 Å². The molecule has 0 aliphatic heterocycles. The summed E-state index contributed by atoms with van der Waals surface area (Å²) in [6.45, 7) is 5.25. The topological polar surface area (TPSA) is 29.1 Å². The molecule has 25 heavy (non-hydrogen) atoms. The Balaban J connectivity index is 1.36. The van der Waals surface area contributed by atoms with Crippen LogP contribution >= 0.6 is 0 Å². The van der Waals surface area contributed by atoms with Crippen molar-refractivity contribution in [2.75, 3.05) is 6.54 Å². The summed E-state index contributed by atoms with van der Waals surface area (Å²) in [6.07, 6.45) is 4.56. The van der Waals surface area contributed by atoms with E-state index in [9.17, 15) is 4.79 Å². The average Bonchev–Trinajstić information content (AvgIpc) is 3.50. The molecule has 0 aromatic heterocycles. The minimum Gasteiger partial charge on any atom is -0.313 e. The predicted octanol–water partition coefficient (Wildman–Crippen LogP) is 4.58. The van der Waals surface area contributed by atoms with Crippen LogP contribution in [0.15, 0.2) is 42.5 Å². The quantitative estimate of drug-likeness (QED) is 0.751. The zero-order valence-electron chi connectivity index (χ0n) is 15.2. The number of hydrogen-bond acceptors (Lipinski definition) is 2. The summed E-state index contributed by atoms with van der Waals surface area (Å²) in [5, 5.41) is 3.69. The largest absolute Gasteiger partial charge is 0.313 e. The summed E-state index contributed by atoms with van der Waals surface area (Å²) < 4.78 is 0. The summed E-state index contributed by atoms with van der Waals surface area (Å²) >= 11 is 0. The lowest BCUT2D eigenvalue weighted by atomic mass is 9.97. The lowest BCUT2D eigenvalue weighted by Crippen LogP contribution is -2.20. The van der Waals surface area contributed by atoms with Crippen molar-refractivity contribution < 1.29 is 4.79 Å². The summed E-state index contributed by atoms with van der Waals surface area (Å²) in [7, 11) is 0. The summed E-state index contributed by atoms with van der Waals surface area (Å²) in [5.74, 6) is 1.83. The van der Waals surface area contributed by atoms with Crippen LogP contribution in [0.3, 0.4) is 0 Å². The van der Waals surface area contributed by atoms with Gasteiger partial charge in [0.2, 0.25) is 0 Å². The molecule has 1 N–H and O–H groups in total. The molecule has 2 fully saturated rings. The molecule has 4 rings (SSSR count). The Hall–Kier alpha value is -1.93. The van der Waals surface area contributed by atoms with Gasteiger partial charge < -0.3 is 5.32 Å². The molecule has 2 aromatic carbocycles. The minimum absolute atomic E-state index is 0.212. The van der Waals surface area contributed by atoms with E-state index in [4.69, 9.17) is 0 Å². The van der Waals surface area contributed by atoms with Gasteiger partial charge in [0.1, 0.15) is 0 Å². The summed E-state index contributed by atoms with van der Waals surface area (Å²) in [5.41, 5.74) is 5.59. The van der Waals surface area contributed by atoms with Gasteiger partial charge in [-0.05, 0) is 68.3 Å². The number of carbonyl (C=O) groups excluding carboxylic acids is 1. The molecule has 2 heteroatoms. The fraction of sp³-hybridized carbons (Fsp3) is 0.435. The first-order valence-electron chi connectivity index (χ1n) is 9.53. The first kappa shape index (κ1) is 16.5. The maximum Gasteiger partial charge on any atom is 0.167 e. The molecule has 2 nitrogen and oxygen atoms in total. The Labute approximate surface area is 150 Å². The van der Waals surface area contributed by atoms with E-state index in [1.807, 2.05) is 26.0 Å². The van der Waals surface area contributed by atoms with Crippen LogP contribution in [0.4, 0.5) is 0 Å². The van der Waals surface area contributed by atoms with E-state index >= 15 is 0 Å². The van der Waals surface area contributed by atoms with Gasteiger partial charge in [-0.15, -0.1) is 0 Å². The molecule has 2 unspecified atom stereocenters. The Morgan fingerprint density at radius 3 is 2.56 bits per heavy atom. The highest BCUT2D eigenvalue weighted by Crippen LogP contribution is 2.41. The van der Waals surface area contributed by atoms with E-state index in [0.29, 0.717) is 18.4 Å². The van der Waals surface area contributed by atoms with Gasteiger partial charge >= 0.3 is 0 Å². The highest BCUT2D eigenvalue weighted by atomic mass is 16.1. The van der Waals surface area contributed by atoms with E-state index in [0.717, 1.165) is 28.2 Å². The minimum atomic E-state index is 0.212. The Kier molecular flexibility index (Phi) is 4.47. The maximum atomic E-state index is 12.6. The van der Waals surface area contributed by atoms with Crippen LogP contribution in [0.5, 0.6) is 0 Å². The molecular formula is C23H27NO. The SMILES string of the molecule is Cc1ccc(C)c(C(=O)Cc2ccc(C3CC3NCC3CC3)cc2)c1. The molecule has 2 saturated carbocycles. The third-order valence-electron chi connectivity index (χ3n) is 5.62. The molecule has 0 radical (unpaired) electrons. The van der Waals surface area contributed by atoms with Gasteiger partial charge in [-0.1, -0.05) is 42.0 Å². The molecule has 2 aliphatic rings. The molecule has 2 aromatic rings. The van der Waals surface area contributed by atoms with Gasteiger partial charge in [-0.2, -0.15) is 0 Å². The molecular weight excluding hydrogens is 306 g/mol. The van der Waals surface area contributed by atoms with Gasteiger partial charge in [-0.3, -0.25) is 4.79 Å². The second-order valence-electron chi connectivity index (χ2n) is 7.96. The van der Waals surface area contributed by atoms with Gasteiger partial charge in [0.15, 0.2) is 5.78 Å². The van der Waals surface area contributed by atoms with Crippen molar-refractivity contribution in [3.8, 4) is 0 Å². The van der Waals surface area contributed by atoms with Crippen molar-refractivity contribution in [1.29, 1.82) is 0 Å². The van der Waals surface area contributed by atoms with E-state index in [2.05, 4.69) is 35.6 Å². The molecule has 130 valence electrons. The number of nitrogens with one attached hydrogen (secondary N) is 1. The first-order chi connectivity index (χ1) is 12.1. The van der Waals surface area contributed by atoms with Crippen molar-refractivity contribution in [3.05, 3.63) is 70.3 Å². The summed E-state index contributed by atoms with van der Waals surface area (Å²) in [6, 6.07) is 15.5. The molecule has 2 aliphatic carbocycles. The zero-order valence-corrected chi connectivity index (χ0v) is 15.2. The fourth-order valence-corrected chi connectivity index (χ4v) is 3.63. The lowest BCUT2D eigenvalue weighted by molar-refractivity contribution is 0.0992. The predicted molar refractivity (Wildman–Crippen MR) is 102 cm³/mol. The van der Waals surface area contributed by atoms with Crippen LogP contribution in [-0.2, 0) is 6.42 Å². The lowest BCUT2D eigenvalue weighted by Gasteiger charge is -2.08. The van der Waals surface area contributed by atoms with Gasteiger partial charge in [0.05, 0.1) is 0 Å². The number of benzene rings is 2. The van der Waals surface area contributed by atoms with Crippen LogP contribution < -0.4 is 5.32 Å². The number of rotatable bonds is 7. The third kappa shape index (κ3) is 4.01. The van der Waals surface area contributed by atoms with Crippen LogP contribution in [0, 0.1) is 19.8 Å². The van der Waals surface area contributed by atoms with Gasteiger partial charge in [-0.25, -0.2) is 0 Å². The van der Waals surface area contributed by atoms with Crippen LogP contribution in [-0.4, -0.2) is 18.4 Å². The van der Waals surface area contributed by atoms with E-state index in [1.165, 1.54) is 31.4 Å². The number of carbonyl (C=O) groups is 1. The highest BCUT2D eigenvalue weighted by molar-refractivity contribution is 5.98. The molecule has 0 heterocycles. The number of aryl methyl sites for hydroxylation is 2.